The molecule has 0 aliphatic heterocycles. The predicted octanol–water partition coefficient (Wildman–Crippen LogP) is 1.52. The average Bonchev–Trinajstić information content (AvgIpc) is 2.08. The van der Waals surface area contributed by atoms with Crippen molar-refractivity contribution in [3.63, 3.8) is 0 Å². The molecule has 1 rings (SSSR count). The van der Waals surface area contributed by atoms with Crippen LogP contribution in [0.2, 0.25) is 0 Å². The van der Waals surface area contributed by atoms with Crippen LogP contribution in [0.25, 0.3) is 0 Å². The maximum Gasteiger partial charge on any atom is 0.305 e. The van der Waals surface area contributed by atoms with E-state index in [0.29, 0.717) is 0 Å². The Kier molecular flexibility index (Phi) is 2.46. The molecule has 14 heavy (non-hydrogen) atoms. The van der Waals surface area contributed by atoms with Gasteiger partial charge < -0.3 is 5.73 Å². The lowest BCUT2D eigenvalue weighted by Gasteiger charge is -2.02. The van der Waals surface area contributed by atoms with E-state index in [-0.39, 0.29) is 5.56 Å². The monoisotopic (exact) mass is 198 g/mol. The molecule has 0 saturated heterocycles. The van der Waals surface area contributed by atoms with E-state index in [1.165, 1.54) is 0 Å². The number of nitrogens with two attached hydrogens (primary N) is 1. The summed E-state index contributed by atoms with van der Waals surface area (Å²) >= 11 is 0. The summed E-state index contributed by atoms with van der Waals surface area (Å²) in [6.07, 6.45) is 0. The molecule has 0 amide bonds. The van der Waals surface area contributed by atoms with E-state index >= 15 is 0 Å². The molecule has 0 aliphatic carbocycles. The lowest BCUT2D eigenvalue weighted by molar-refractivity contribution is -0.384. The van der Waals surface area contributed by atoms with Crippen molar-refractivity contribution in [2.24, 2.45) is 0 Å². The minimum atomic E-state index is -0.901. The summed E-state index contributed by atoms with van der Waals surface area (Å²) in [5, 5.41) is 10.5. The number of ketones is 1. The van der Waals surface area contributed by atoms with E-state index in [1.54, 1.807) is 0 Å². The number of hydrogen-bond donors (Lipinski definition) is 1. The number of carbonyl (C=O) groups is 1. The Morgan fingerprint density at radius 2 is 2.14 bits per heavy atom. The zero-order valence-corrected chi connectivity index (χ0v) is 7.28. The number of halogens is 1. The van der Waals surface area contributed by atoms with Crippen molar-refractivity contribution < 1.29 is 14.1 Å². The summed E-state index contributed by atoms with van der Waals surface area (Å²) in [4.78, 5) is 20.6. The number of nitro benzene ring substituents is 1. The highest BCUT2D eigenvalue weighted by molar-refractivity contribution is 6.00. The first kappa shape index (κ1) is 10.1. The minimum absolute atomic E-state index is 0.186. The van der Waals surface area contributed by atoms with Crippen molar-refractivity contribution >= 4 is 17.2 Å². The maximum atomic E-state index is 12.8. The molecule has 0 bridgehead atoms. The second kappa shape index (κ2) is 3.41. The van der Waals surface area contributed by atoms with Crippen molar-refractivity contribution in [2.75, 3.05) is 5.73 Å². The molecule has 74 valence electrons. The van der Waals surface area contributed by atoms with E-state index < -0.39 is 27.9 Å². The molecule has 0 saturated carbocycles. The highest BCUT2D eigenvalue weighted by Gasteiger charge is 2.23. The van der Waals surface area contributed by atoms with Crippen LogP contribution in [0, 0.1) is 15.9 Å². The van der Waals surface area contributed by atoms with Crippen molar-refractivity contribution in [3.8, 4) is 0 Å². The van der Waals surface area contributed by atoms with Crippen LogP contribution in [0.5, 0.6) is 0 Å². The fourth-order valence-electron chi connectivity index (χ4n) is 1.06. The largest absolute Gasteiger partial charge is 0.391 e. The third-order valence-corrected chi connectivity index (χ3v) is 1.73. The molecular weight excluding hydrogens is 191 g/mol. The number of hydrogen-bond acceptors (Lipinski definition) is 4. The summed E-state index contributed by atoms with van der Waals surface area (Å²) in [7, 11) is 0. The molecule has 0 heterocycles. The van der Waals surface area contributed by atoms with Crippen LogP contribution < -0.4 is 5.73 Å². The van der Waals surface area contributed by atoms with Crippen LogP contribution in [0.4, 0.5) is 15.8 Å². The number of anilines is 1. The van der Waals surface area contributed by atoms with E-state index in [9.17, 15) is 19.3 Å². The second-order valence-corrected chi connectivity index (χ2v) is 2.67. The van der Waals surface area contributed by atoms with Gasteiger partial charge in [-0.05, 0) is 19.1 Å². The molecule has 1 aromatic rings. The predicted molar refractivity (Wildman–Crippen MR) is 47.5 cm³/mol. The standard InChI is InChI=1S/C8H7FN2O3/c1-4(12)5-2-3-6(9)7(10)8(5)11(13)14/h2-3H,10H2,1H3. The summed E-state index contributed by atoms with van der Waals surface area (Å²) in [6.45, 7) is 1.15. The first-order chi connectivity index (χ1) is 6.45. The van der Waals surface area contributed by atoms with Gasteiger partial charge in [0.05, 0.1) is 10.5 Å². The molecule has 5 nitrogen and oxygen atoms in total. The Balaban J connectivity index is 3.53. The third-order valence-electron chi connectivity index (χ3n) is 1.73. The van der Waals surface area contributed by atoms with Gasteiger partial charge in [-0.3, -0.25) is 14.9 Å². The molecule has 6 heteroatoms. The van der Waals surface area contributed by atoms with Crippen molar-refractivity contribution in [3.05, 3.63) is 33.6 Å². The average molecular weight is 198 g/mol. The van der Waals surface area contributed by atoms with Crippen LogP contribution >= 0.6 is 0 Å². The van der Waals surface area contributed by atoms with Gasteiger partial charge in [0.25, 0.3) is 0 Å². The molecule has 1 aromatic carbocycles. The Labute approximate surface area is 78.5 Å². The fraction of sp³-hybridized carbons (Fsp3) is 0.125. The fourth-order valence-corrected chi connectivity index (χ4v) is 1.06. The van der Waals surface area contributed by atoms with Gasteiger partial charge in [-0.15, -0.1) is 0 Å². The number of nitro groups is 1. The number of nitrogen functional groups attached to an aromatic ring is 1. The van der Waals surface area contributed by atoms with E-state index in [4.69, 9.17) is 5.73 Å². The van der Waals surface area contributed by atoms with Gasteiger partial charge in [0.2, 0.25) is 0 Å². The summed E-state index contributed by atoms with van der Waals surface area (Å²) < 4.78 is 12.8. The van der Waals surface area contributed by atoms with E-state index in [2.05, 4.69) is 0 Å². The molecule has 0 radical (unpaired) electrons. The molecule has 0 unspecified atom stereocenters. The summed E-state index contributed by atoms with van der Waals surface area (Å²) in [6, 6.07) is 1.98. The number of rotatable bonds is 2. The van der Waals surface area contributed by atoms with Gasteiger partial charge in [0.15, 0.2) is 11.6 Å². The number of nitrogens with zero attached hydrogens (tertiary/aromatic N) is 1. The topological polar surface area (TPSA) is 86.2 Å². The van der Waals surface area contributed by atoms with Crippen molar-refractivity contribution in [1.29, 1.82) is 0 Å². The summed E-state index contributed by atoms with van der Waals surface area (Å²) in [5.41, 5.74) is 3.69. The van der Waals surface area contributed by atoms with Crippen molar-refractivity contribution in [1.82, 2.24) is 0 Å². The Morgan fingerprint density at radius 3 is 2.57 bits per heavy atom. The van der Waals surface area contributed by atoms with Crippen molar-refractivity contribution in [2.45, 2.75) is 6.92 Å². The van der Waals surface area contributed by atoms with E-state index in [0.717, 1.165) is 19.1 Å². The van der Waals surface area contributed by atoms with E-state index in [1.807, 2.05) is 0 Å². The molecule has 2 N–H and O–H groups in total. The Morgan fingerprint density at radius 1 is 1.57 bits per heavy atom. The van der Waals surface area contributed by atoms with Crippen LogP contribution in [0.3, 0.4) is 0 Å². The highest BCUT2D eigenvalue weighted by Crippen LogP contribution is 2.28. The molecule has 0 spiro atoms. The van der Waals surface area contributed by atoms with Gasteiger partial charge in [0.1, 0.15) is 5.69 Å². The first-order valence-electron chi connectivity index (χ1n) is 3.68. The normalized spacial score (nSPS) is 9.86. The number of carbonyl (C=O) groups excluding carboxylic acids is 1. The lowest BCUT2D eigenvalue weighted by Crippen LogP contribution is -2.05. The van der Waals surface area contributed by atoms with Gasteiger partial charge in [-0.25, -0.2) is 4.39 Å². The smallest absolute Gasteiger partial charge is 0.305 e. The van der Waals surface area contributed by atoms with Gasteiger partial charge in [-0.1, -0.05) is 0 Å². The number of benzene rings is 1. The summed E-state index contributed by atoms with van der Waals surface area (Å²) in [5.74, 6) is -1.43. The maximum absolute atomic E-state index is 12.8. The van der Waals surface area contributed by atoms with Crippen LogP contribution in [0.15, 0.2) is 12.1 Å². The zero-order chi connectivity index (χ0) is 10.9. The molecule has 0 aliphatic rings. The molecular formula is C8H7FN2O3. The minimum Gasteiger partial charge on any atom is -0.391 e. The van der Waals surface area contributed by atoms with Gasteiger partial charge in [-0.2, -0.15) is 0 Å². The van der Waals surface area contributed by atoms with Gasteiger partial charge >= 0.3 is 5.69 Å². The quantitative estimate of drug-likeness (QED) is 0.338. The Bertz CT molecular complexity index is 417. The lowest BCUT2D eigenvalue weighted by atomic mass is 10.1. The molecule has 0 atom stereocenters. The van der Waals surface area contributed by atoms with Crippen LogP contribution in [-0.2, 0) is 0 Å². The second-order valence-electron chi connectivity index (χ2n) is 2.67. The van der Waals surface area contributed by atoms with Crippen LogP contribution in [-0.4, -0.2) is 10.7 Å². The van der Waals surface area contributed by atoms with Gasteiger partial charge in [0, 0.05) is 0 Å². The number of Topliss-reactive ketones (excluding diaryl/α,β-unsaturated/α-hetero) is 1. The highest BCUT2D eigenvalue weighted by atomic mass is 19.1. The SMILES string of the molecule is CC(=O)c1ccc(F)c(N)c1[N+](=O)[O-]. The van der Waals surface area contributed by atoms with Crippen LogP contribution in [0.1, 0.15) is 17.3 Å². The molecule has 0 aromatic heterocycles. The Hall–Kier alpha value is -1.98. The zero-order valence-electron chi connectivity index (χ0n) is 7.28. The third kappa shape index (κ3) is 1.54. The first-order valence-corrected chi connectivity index (χ1v) is 3.68. The molecule has 0 fully saturated rings.